The van der Waals surface area contributed by atoms with Gasteiger partial charge in [-0.1, -0.05) is 109 Å². The van der Waals surface area contributed by atoms with Gasteiger partial charge in [0.15, 0.2) is 0 Å². The lowest BCUT2D eigenvalue weighted by atomic mass is 10.0. The van der Waals surface area contributed by atoms with Crippen LogP contribution in [-0.4, -0.2) is 24.1 Å². The number of hydrogen-bond donors (Lipinski definition) is 0. The van der Waals surface area contributed by atoms with Gasteiger partial charge in [0.25, 0.3) is 0 Å². The molecule has 0 aliphatic carbocycles. The van der Waals surface area contributed by atoms with Crippen LogP contribution in [0.5, 0.6) is 0 Å². The third kappa shape index (κ3) is 23.8. The first-order valence-corrected chi connectivity index (χ1v) is 14.5. The third-order valence-corrected chi connectivity index (χ3v) is 6.26. The molecular weight excluding hydrogens is 424 g/mol. The van der Waals surface area contributed by atoms with Gasteiger partial charge in [-0.05, 0) is 46.0 Å². The number of ether oxygens (including phenoxy) is 2. The highest BCUT2D eigenvalue weighted by molar-refractivity contribution is 5.71. The molecule has 0 saturated carbocycles. The standard InChI is InChI=1S/C30H56O4/c1-5-23-27(3)33-29(31)25-21-19-17-15-13-11-9-7-8-10-12-14-16-18-20-22-26-30(32)34-28(4)24-6-2/h19,21,27-28H,5-18,20,22-26H2,1-4H3/b21-19+. The SMILES string of the molecule is CCCC(C)OC(=O)C/C=C/CCCCCCCCCCCCCCCC(=O)OC(C)CCC. The molecule has 0 radical (unpaired) electrons. The zero-order chi connectivity index (χ0) is 25.3. The predicted octanol–water partition coefficient (Wildman–Crippen LogP) is 9.25. The molecule has 34 heavy (non-hydrogen) atoms. The quantitative estimate of drug-likeness (QED) is 0.0784. The van der Waals surface area contributed by atoms with E-state index < -0.39 is 0 Å². The van der Waals surface area contributed by atoms with Crippen LogP contribution in [0.1, 0.15) is 156 Å². The van der Waals surface area contributed by atoms with Gasteiger partial charge in [0.1, 0.15) is 0 Å². The zero-order valence-corrected chi connectivity index (χ0v) is 23.1. The van der Waals surface area contributed by atoms with Gasteiger partial charge >= 0.3 is 11.9 Å². The summed E-state index contributed by atoms with van der Waals surface area (Å²) >= 11 is 0. The highest BCUT2D eigenvalue weighted by Gasteiger charge is 2.08. The Morgan fingerprint density at radius 2 is 1.00 bits per heavy atom. The van der Waals surface area contributed by atoms with Crippen molar-refractivity contribution >= 4 is 11.9 Å². The van der Waals surface area contributed by atoms with E-state index in [0.717, 1.165) is 44.9 Å². The monoisotopic (exact) mass is 480 g/mol. The van der Waals surface area contributed by atoms with Crippen LogP contribution >= 0.6 is 0 Å². The number of rotatable bonds is 24. The lowest BCUT2D eigenvalue weighted by Crippen LogP contribution is -2.14. The maximum Gasteiger partial charge on any atom is 0.309 e. The highest BCUT2D eigenvalue weighted by Crippen LogP contribution is 2.14. The maximum absolute atomic E-state index is 11.7. The summed E-state index contributed by atoms with van der Waals surface area (Å²) in [5.41, 5.74) is 0. The molecule has 4 heteroatoms. The normalized spacial score (nSPS) is 13.2. The number of allylic oxidation sites excluding steroid dienone is 1. The van der Waals surface area contributed by atoms with E-state index in [1.807, 2.05) is 19.9 Å². The fourth-order valence-electron chi connectivity index (χ4n) is 4.26. The summed E-state index contributed by atoms with van der Waals surface area (Å²) in [7, 11) is 0. The van der Waals surface area contributed by atoms with Crippen LogP contribution in [0.2, 0.25) is 0 Å². The fourth-order valence-corrected chi connectivity index (χ4v) is 4.26. The van der Waals surface area contributed by atoms with Crippen LogP contribution in [0.25, 0.3) is 0 Å². The van der Waals surface area contributed by atoms with Crippen LogP contribution in [0, 0.1) is 0 Å². The van der Waals surface area contributed by atoms with E-state index in [1.165, 1.54) is 70.6 Å². The maximum atomic E-state index is 11.7. The first-order valence-electron chi connectivity index (χ1n) is 14.5. The van der Waals surface area contributed by atoms with E-state index in [2.05, 4.69) is 19.9 Å². The molecule has 0 aromatic carbocycles. The molecule has 0 saturated heterocycles. The summed E-state index contributed by atoms with van der Waals surface area (Å²) in [5.74, 6) is -0.126. The van der Waals surface area contributed by atoms with Crippen molar-refractivity contribution in [2.75, 3.05) is 0 Å². The molecule has 0 fully saturated rings. The molecule has 0 aromatic rings. The minimum atomic E-state index is -0.105. The van der Waals surface area contributed by atoms with Crippen molar-refractivity contribution in [2.45, 2.75) is 168 Å². The number of esters is 2. The lowest BCUT2D eigenvalue weighted by molar-refractivity contribution is -0.149. The fraction of sp³-hybridized carbons (Fsp3) is 0.867. The predicted molar refractivity (Wildman–Crippen MR) is 144 cm³/mol. The van der Waals surface area contributed by atoms with Gasteiger partial charge in [0.2, 0.25) is 0 Å². The molecule has 2 unspecified atom stereocenters. The Labute approximate surface area is 211 Å². The molecule has 0 aromatic heterocycles. The summed E-state index contributed by atoms with van der Waals surface area (Å²) < 4.78 is 10.7. The molecule has 4 nitrogen and oxygen atoms in total. The van der Waals surface area contributed by atoms with E-state index in [-0.39, 0.29) is 24.1 Å². The van der Waals surface area contributed by atoms with Gasteiger partial charge in [0, 0.05) is 6.42 Å². The smallest absolute Gasteiger partial charge is 0.309 e. The number of unbranched alkanes of at least 4 members (excludes halogenated alkanes) is 13. The van der Waals surface area contributed by atoms with Crippen LogP contribution < -0.4 is 0 Å². The van der Waals surface area contributed by atoms with Crippen molar-refractivity contribution < 1.29 is 19.1 Å². The molecule has 2 atom stereocenters. The van der Waals surface area contributed by atoms with Crippen molar-refractivity contribution in [3.63, 3.8) is 0 Å². The largest absolute Gasteiger partial charge is 0.463 e. The zero-order valence-electron chi connectivity index (χ0n) is 23.1. The summed E-state index contributed by atoms with van der Waals surface area (Å²) in [6.45, 7) is 8.17. The minimum absolute atomic E-state index is 0.0214. The van der Waals surface area contributed by atoms with E-state index in [9.17, 15) is 9.59 Å². The second kappa shape index (κ2) is 24.8. The van der Waals surface area contributed by atoms with Crippen LogP contribution in [0.3, 0.4) is 0 Å². The van der Waals surface area contributed by atoms with Crippen LogP contribution in [-0.2, 0) is 19.1 Å². The topological polar surface area (TPSA) is 52.6 Å². The van der Waals surface area contributed by atoms with E-state index in [4.69, 9.17) is 9.47 Å². The number of carbonyl (C=O) groups is 2. The lowest BCUT2D eigenvalue weighted by Gasteiger charge is -2.11. The van der Waals surface area contributed by atoms with Crippen molar-refractivity contribution in [3.05, 3.63) is 12.2 Å². The molecule has 200 valence electrons. The van der Waals surface area contributed by atoms with Crippen molar-refractivity contribution in [1.29, 1.82) is 0 Å². The Hall–Kier alpha value is -1.32. The highest BCUT2D eigenvalue weighted by atomic mass is 16.5. The summed E-state index contributed by atoms with van der Waals surface area (Å²) in [5, 5.41) is 0. The molecule has 0 aliphatic rings. The molecule has 0 amide bonds. The third-order valence-electron chi connectivity index (χ3n) is 6.26. The van der Waals surface area contributed by atoms with E-state index in [1.54, 1.807) is 0 Å². The second-order valence-corrected chi connectivity index (χ2v) is 9.99. The summed E-state index contributed by atoms with van der Waals surface area (Å²) in [4.78, 5) is 23.4. The summed E-state index contributed by atoms with van der Waals surface area (Å²) in [6.07, 6.45) is 26.8. The Morgan fingerprint density at radius 1 is 0.588 bits per heavy atom. The number of hydrogen-bond acceptors (Lipinski definition) is 4. The first-order chi connectivity index (χ1) is 16.5. The first kappa shape index (κ1) is 32.7. The van der Waals surface area contributed by atoms with Crippen molar-refractivity contribution in [1.82, 2.24) is 0 Å². The van der Waals surface area contributed by atoms with Gasteiger partial charge in [0.05, 0.1) is 18.6 Å². The van der Waals surface area contributed by atoms with Gasteiger partial charge in [-0.3, -0.25) is 9.59 Å². The summed E-state index contributed by atoms with van der Waals surface area (Å²) in [6, 6.07) is 0. The Morgan fingerprint density at radius 3 is 1.47 bits per heavy atom. The molecule has 0 heterocycles. The molecule has 0 rings (SSSR count). The minimum Gasteiger partial charge on any atom is -0.463 e. The molecule has 0 bridgehead atoms. The van der Waals surface area contributed by atoms with E-state index >= 15 is 0 Å². The van der Waals surface area contributed by atoms with Gasteiger partial charge < -0.3 is 9.47 Å². The number of carbonyl (C=O) groups excluding carboxylic acids is 2. The molecule has 0 aliphatic heterocycles. The van der Waals surface area contributed by atoms with Gasteiger partial charge in [-0.25, -0.2) is 0 Å². The van der Waals surface area contributed by atoms with Gasteiger partial charge in [-0.15, -0.1) is 0 Å². The average Bonchev–Trinajstić information content (AvgIpc) is 2.78. The Kier molecular flexibility index (Phi) is 23.8. The van der Waals surface area contributed by atoms with Gasteiger partial charge in [-0.2, -0.15) is 0 Å². The van der Waals surface area contributed by atoms with Crippen molar-refractivity contribution in [2.24, 2.45) is 0 Å². The molecule has 0 spiro atoms. The Balaban J connectivity index is 3.30. The van der Waals surface area contributed by atoms with Crippen molar-refractivity contribution in [3.8, 4) is 0 Å². The molecule has 0 N–H and O–H groups in total. The van der Waals surface area contributed by atoms with Crippen LogP contribution in [0.15, 0.2) is 12.2 Å². The Bertz CT molecular complexity index is 500. The second-order valence-electron chi connectivity index (χ2n) is 9.99. The molecular formula is C30H56O4. The van der Waals surface area contributed by atoms with E-state index in [0.29, 0.717) is 12.8 Å². The van der Waals surface area contributed by atoms with Crippen LogP contribution in [0.4, 0.5) is 0 Å². The average molecular weight is 481 g/mol.